The molecule has 0 bridgehead atoms. The van der Waals surface area contributed by atoms with E-state index in [4.69, 9.17) is 0 Å². The molecular formula is C6H8O4. The molecule has 0 unspecified atom stereocenters. The number of rotatable bonds is 3. The highest BCUT2D eigenvalue weighted by molar-refractivity contribution is 5.91. The maximum atomic E-state index is 10.4. The highest BCUT2D eigenvalue weighted by Gasteiger charge is 2.04. The smallest absolute Gasteiger partial charge is 0.339 e. The minimum atomic E-state index is -0.762. The van der Waals surface area contributed by atoms with E-state index in [9.17, 15) is 9.59 Å². The summed E-state index contributed by atoms with van der Waals surface area (Å²) >= 11 is 0. The second-order valence-electron chi connectivity index (χ2n) is 1.43. The number of carbonyl (C=O) groups is 2. The molecule has 0 amide bonds. The van der Waals surface area contributed by atoms with Crippen molar-refractivity contribution in [2.24, 2.45) is 0 Å². The van der Waals surface area contributed by atoms with E-state index in [1.54, 1.807) is 0 Å². The lowest BCUT2D eigenvalue weighted by Gasteiger charge is -1.96. The number of esters is 2. The molecule has 0 aromatic rings. The molecule has 0 aromatic heterocycles. The first-order valence-electron chi connectivity index (χ1n) is 2.56. The number of hydrogen-bond acceptors (Lipinski definition) is 4. The van der Waals surface area contributed by atoms with Crippen LogP contribution < -0.4 is 0 Å². The standard InChI is InChI=1S/C6H8O4/c1-3-5(7)10-6(8)4-9-2/h3H,1,4H2,2H3. The molecule has 0 spiro atoms. The zero-order valence-corrected chi connectivity index (χ0v) is 5.62. The molecule has 0 rings (SSSR count). The number of carbonyl (C=O) groups excluding carboxylic acids is 2. The van der Waals surface area contributed by atoms with Gasteiger partial charge in [0.05, 0.1) is 0 Å². The average Bonchev–Trinajstić information content (AvgIpc) is 1.88. The van der Waals surface area contributed by atoms with Crippen LogP contribution in [0, 0.1) is 0 Å². The third kappa shape index (κ3) is 3.80. The Morgan fingerprint density at radius 3 is 2.60 bits per heavy atom. The van der Waals surface area contributed by atoms with E-state index in [-0.39, 0.29) is 6.61 Å². The van der Waals surface area contributed by atoms with Gasteiger partial charge in [0.2, 0.25) is 0 Å². The van der Waals surface area contributed by atoms with Crippen molar-refractivity contribution in [3.63, 3.8) is 0 Å². The van der Waals surface area contributed by atoms with Gasteiger partial charge in [0.15, 0.2) is 0 Å². The van der Waals surface area contributed by atoms with Crippen molar-refractivity contribution in [3.05, 3.63) is 12.7 Å². The summed E-state index contributed by atoms with van der Waals surface area (Å²) in [5, 5.41) is 0. The van der Waals surface area contributed by atoms with Crippen molar-refractivity contribution in [1.29, 1.82) is 0 Å². The van der Waals surface area contributed by atoms with Gasteiger partial charge in [-0.15, -0.1) is 0 Å². The van der Waals surface area contributed by atoms with Gasteiger partial charge in [-0.3, -0.25) is 0 Å². The molecule has 0 radical (unpaired) electrons. The summed E-state index contributed by atoms with van der Waals surface area (Å²) in [5.74, 6) is -1.48. The largest absolute Gasteiger partial charge is 0.388 e. The minimum absolute atomic E-state index is 0.223. The first kappa shape index (κ1) is 8.84. The van der Waals surface area contributed by atoms with Gasteiger partial charge >= 0.3 is 11.9 Å². The van der Waals surface area contributed by atoms with Crippen molar-refractivity contribution in [1.82, 2.24) is 0 Å². The molecule has 56 valence electrons. The average molecular weight is 144 g/mol. The number of hydrogen-bond donors (Lipinski definition) is 0. The van der Waals surface area contributed by atoms with Gasteiger partial charge in [-0.25, -0.2) is 9.59 Å². The van der Waals surface area contributed by atoms with Gasteiger partial charge in [0, 0.05) is 13.2 Å². The first-order valence-corrected chi connectivity index (χ1v) is 2.56. The lowest BCUT2D eigenvalue weighted by molar-refractivity contribution is -0.158. The molecule has 10 heavy (non-hydrogen) atoms. The number of methoxy groups -OCH3 is 1. The Morgan fingerprint density at radius 1 is 1.60 bits per heavy atom. The van der Waals surface area contributed by atoms with Gasteiger partial charge < -0.3 is 9.47 Å². The Balaban J connectivity index is 3.57. The number of ether oxygens (including phenoxy) is 2. The van der Waals surface area contributed by atoms with Crippen molar-refractivity contribution < 1.29 is 19.1 Å². The molecule has 0 saturated heterocycles. The second-order valence-corrected chi connectivity index (χ2v) is 1.43. The Labute approximate surface area is 58.4 Å². The van der Waals surface area contributed by atoms with Gasteiger partial charge in [-0.1, -0.05) is 6.58 Å². The fourth-order valence-electron chi connectivity index (χ4n) is 0.301. The molecule has 4 nitrogen and oxygen atoms in total. The summed E-state index contributed by atoms with van der Waals surface area (Å²) < 4.78 is 8.51. The monoisotopic (exact) mass is 144 g/mol. The molecule has 0 saturated carbocycles. The predicted octanol–water partition coefficient (Wildman–Crippen LogP) is -0.111. The van der Waals surface area contributed by atoms with E-state index in [0.717, 1.165) is 6.08 Å². The summed E-state index contributed by atoms with van der Waals surface area (Å²) in [7, 11) is 1.33. The summed E-state index contributed by atoms with van der Waals surface area (Å²) in [6.45, 7) is 2.88. The Kier molecular flexibility index (Phi) is 4.15. The first-order chi connectivity index (χ1) is 4.70. The highest BCUT2D eigenvalue weighted by atomic mass is 16.6. The van der Waals surface area contributed by atoms with Crippen LogP contribution in [0.5, 0.6) is 0 Å². The summed E-state index contributed by atoms with van der Waals surface area (Å²) in [6.07, 6.45) is 0.910. The summed E-state index contributed by atoms with van der Waals surface area (Å²) in [4.78, 5) is 20.7. The van der Waals surface area contributed by atoms with Crippen LogP contribution in [-0.2, 0) is 19.1 Å². The third-order valence-electron chi connectivity index (χ3n) is 0.643. The van der Waals surface area contributed by atoms with Gasteiger partial charge in [0.25, 0.3) is 0 Å². The van der Waals surface area contributed by atoms with Crippen molar-refractivity contribution in [2.45, 2.75) is 0 Å². The molecule has 0 aromatic carbocycles. The molecule has 0 atom stereocenters. The van der Waals surface area contributed by atoms with E-state index >= 15 is 0 Å². The minimum Gasteiger partial charge on any atom is -0.388 e. The Morgan fingerprint density at radius 2 is 2.20 bits per heavy atom. The molecule has 0 aliphatic rings. The molecule has 0 aliphatic heterocycles. The quantitative estimate of drug-likeness (QED) is 0.315. The van der Waals surface area contributed by atoms with Crippen LogP contribution in [0.25, 0.3) is 0 Å². The molecule has 0 aliphatic carbocycles. The third-order valence-corrected chi connectivity index (χ3v) is 0.643. The Bertz CT molecular complexity index is 150. The highest BCUT2D eigenvalue weighted by Crippen LogP contribution is 1.81. The van der Waals surface area contributed by atoms with Crippen molar-refractivity contribution >= 4 is 11.9 Å². The van der Waals surface area contributed by atoms with E-state index in [0.29, 0.717) is 0 Å². The second kappa shape index (κ2) is 4.69. The van der Waals surface area contributed by atoms with Crippen molar-refractivity contribution in [2.75, 3.05) is 13.7 Å². The SMILES string of the molecule is C=CC(=O)OC(=O)COC. The normalized spacial score (nSPS) is 8.50. The maximum Gasteiger partial charge on any atom is 0.339 e. The zero-order valence-electron chi connectivity index (χ0n) is 5.62. The fraction of sp³-hybridized carbons (Fsp3) is 0.333. The van der Waals surface area contributed by atoms with E-state index in [1.807, 2.05) is 0 Å². The van der Waals surface area contributed by atoms with Crippen LogP contribution in [0.3, 0.4) is 0 Å². The molecule has 0 N–H and O–H groups in total. The lowest BCUT2D eigenvalue weighted by Crippen LogP contribution is -2.14. The van der Waals surface area contributed by atoms with Crippen LogP contribution >= 0.6 is 0 Å². The molecular weight excluding hydrogens is 136 g/mol. The predicted molar refractivity (Wildman–Crippen MR) is 33.2 cm³/mol. The molecule has 0 heterocycles. The van der Waals surface area contributed by atoms with Gasteiger partial charge in [0.1, 0.15) is 6.61 Å². The summed E-state index contributed by atoms with van der Waals surface area (Å²) in [5.41, 5.74) is 0. The molecule has 4 heteroatoms. The van der Waals surface area contributed by atoms with E-state index in [1.165, 1.54) is 7.11 Å². The van der Waals surface area contributed by atoms with Crippen LogP contribution in [0.2, 0.25) is 0 Å². The summed E-state index contributed by atoms with van der Waals surface area (Å²) in [6, 6.07) is 0. The topological polar surface area (TPSA) is 52.6 Å². The van der Waals surface area contributed by atoms with Crippen LogP contribution in [0.15, 0.2) is 12.7 Å². The Hall–Kier alpha value is -1.16. The van der Waals surface area contributed by atoms with Gasteiger partial charge in [-0.2, -0.15) is 0 Å². The molecule has 0 fully saturated rings. The van der Waals surface area contributed by atoms with E-state index < -0.39 is 11.9 Å². The van der Waals surface area contributed by atoms with Crippen LogP contribution in [0.1, 0.15) is 0 Å². The lowest BCUT2D eigenvalue weighted by atomic mass is 10.6. The van der Waals surface area contributed by atoms with E-state index in [2.05, 4.69) is 16.1 Å². The van der Waals surface area contributed by atoms with Crippen LogP contribution in [-0.4, -0.2) is 25.7 Å². The zero-order chi connectivity index (χ0) is 7.98. The van der Waals surface area contributed by atoms with Gasteiger partial charge in [-0.05, 0) is 0 Å². The maximum absolute atomic E-state index is 10.4. The van der Waals surface area contributed by atoms with Crippen molar-refractivity contribution in [3.8, 4) is 0 Å². The fourth-order valence-corrected chi connectivity index (χ4v) is 0.301. The van der Waals surface area contributed by atoms with Crippen LogP contribution in [0.4, 0.5) is 0 Å².